The van der Waals surface area contributed by atoms with Crippen LogP contribution in [-0.2, 0) is 4.79 Å². The lowest BCUT2D eigenvalue weighted by atomic mass is 10.1. The van der Waals surface area contributed by atoms with Gasteiger partial charge in [0.05, 0.1) is 0 Å². The highest BCUT2D eigenvalue weighted by atomic mass is 16.4. The summed E-state index contributed by atoms with van der Waals surface area (Å²) in [5.74, 6) is -0.716. The molecule has 0 aromatic carbocycles. The molecule has 0 saturated heterocycles. The van der Waals surface area contributed by atoms with Crippen LogP contribution in [0.2, 0.25) is 0 Å². The van der Waals surface area contributed by atoms with Gasteiger partial charge in [-0.25, -0.2) is 0 Å². The fraction of sp³-hybridized carbons (Fsp3) is 0.333. The van der Waals surface area contributed by atoms with Gasteiger partial charge in [0.15, 0.2) is 0 Å². The first kappa shape index (κ1) is 11.4. The Morgan fingerprint density at radius 3 is 3.00 bits per heavy atom. The molecule has 0 spiro atoms. The molecule has 0 fully saturated rings. The lowest BCUT2D eigenvalue weighted by Crippen LogP contribution is -1.92. The number of carboxylic acids is 1. The molecule has 1 aromatic rings. The maximum absolute atomic E-state index is 10.2. The van der Waals surface area contributed by atoms with E-state index in [4.69, 9.17) is 5.11 Å². The Kier molecular flexibility index (Phi) is 5.15. The molecule has 0 aliphatic rings. The standard InChI is InChI=1S/C12H15NO2/c14-12(15)8-4-2-1-3-6-11-7-5-9-13-10-11/h3,5-7,9-10H,1-2,4,8H2,(H,14,15)/b6-3-. The fourth-order valence-corrected chi connectivity index (χ4v) is 1.23. The number of aromatic nitrogens is 1. The molecule has 1 aromatic heterocycles. The van der Waals surface area contributed by atoms with Crippen LogP contribution in [0.3, 0.4) is 0 Å². The molecule has 0 radical (unpaired) electrons. The van der Waals surface area contributed by atoms with Crippen LogP contribution in [0.25, 0.3) is 6.08 Å². The summed E-state index contributed by atoms with van der Waals surface area (Å²) in [5.41, 5.74) is 1.08. The zero-order valence-corrected chi connectivity index (χ0v) is 8.60. The Hall–Kier alpha value is -1.64. The third kappa shape index (κ3) is 5.62. The largest absolute Gasteiger partial charge is 0.481 e. The Morgan fingerprint density at radius 2 is 2.33 bits per heavy atom. The summed E-state index contributed by atoms with van der Waals surface area (Å²) in [4.78, 5) is 14.2. The van der Waals surface area contributed by atoms with E-state index in [-0.39, 0.29) is 6.42 Å². The van der Waals surface area contributed by atoms with E-state index in [9.17, 15) is 4.79 Å². The minimum atomic E-state index is -0.716. The molecule has 3 heteroatoms. The smallest absolute Gasteiger partial charge is 0.303 e. The number of rotatable bonds is 6. The highest BCUT2D eigenvalue weighted by Gasteiger charge is 1.94. The Morgan fingerprint density at radius 1 is 1.47 bits per heavy atom. The molecule has 0 saturated carbocycles. The third-order valence-electron chi connectivity index (χ3n) is 2.01. The summed E-state index contributed by atoms with van der Waals surface area (Å²) in [6, 6.07) is 3.88. The molecule has 1 N–H and O–H groups in total. The molecule has 80 valence electrons. The van der Waals surface area contributed by atoms with E-state index in [1.54, 1.807) is 12.4 Å². The second-order valence-electron chi connectivity index (χ2n) is 3.33. The third-order valence-corrected chi connectivity index (χ3v) is 2.01. The van der Waals surface area contributed by atoms with E-state index in [0.29, 0.717) is 0 Å². The first-order valence-corrected chi connectivity index (χ1v) is 5.07. The van der Waals surface area contributed by atoms with Crippen molar-refractivity contribution in [3.05, 3.63) is 36.2 Å². The first-order chi connectivity index (χ1) is 7.29. The number of nitrogens with zero attached hydrogens (tertiary/aromatic N) is 1. The molecular formula is C12H15NO2. The number of carbonyl (C=O) groups is 1. The number of pyridine rings is 1. The van der Waals surface area contributed by atoms with Crippen molar-refractivity contribution in [3.63, 3.8) is 0 Å². The van der Waals surface area contributed by atoms with Gasteiger partial charge in [-0.05, 0) is 30.9 Å². The molecule has 1 rings (SSSR count). The number of hydrogen-bond acceptors (Lipinski definition) is 2. The zero-order valence-electron chi connectivity index (χ0n) is 8.60. The summed E-state index contributed by atoms with van der Waals surface area (Å²) in [6.45, 7) is 0. The van der Waals surface area contributed by atoms with Gasteiger partial charge in [0.2, 0.25) is 0 Å². The van der Waals surface area contributed by atoms with Crippen molar-refractivity contribution in [3.8, 4) is 0 Å². The minimum Gasteiger partial charge on any atom is -0.481 e. The van der Waals surface area contributed by atoms with Crippen molar-refractivity contribution in [2.45, 2.75) is 25.7 Å². The van der Waals surface area contributed by atoms with E-state index < -0.39 is 5.97 Å². The van der Waals surface area contributed by atoms with E-state index in [1.165, 1.54) is 0 Å². The summed E-state index contributed by atoms with van der Waals surface area (Å²) in [7, 11) is 0. The monoisotopic (exact) mass is 205 g/mol. The first-order valence-electron chi connectivity index (χ1n) is 5.07. The van der Waals surface area contributed by atoms with E-state index in [0.717, 1.165) is 24.8 Å². The number of hydrogen-bond donors (Lipinski definition) is 1. The Balaban J connectivity index is 2.15. The van der Waals surface area contributed by atoms with Gasteiger partial charge in [-0.1, -0.05) is 18.2 Å². The molecule has 15 heavy (non-hydrogen) atoms. The second kappa shape index (κ2) is 6.76. The van der Waals surface area contributed by atoms with Crippen molar-refractivity contribution >= 4 is 12.0 Å². The van der Waals surface area contributed by atoms with Gasteiger partial charge in [-0.3, -0.25) is 9.78 Å². The number of unbranched alkanes of at least 4 members (excludes halogenated alkanes) is 2. The van der Waals surface area contributed by atoms with Gasteiger partial charge < -0.3 is 5.11 Å². The van der Waals surface area contributed by atoms with Crippen LogP contribution < -0.4 is 0 Å². The quantitative estimate of drug-likeness (QED) is 0.726. The highest BCUT2D eigenvalue weighted by molar-refractivity contribution is 5.66. The number of aliphatic carboxylic acids is 1. The molecular weight excluding hydrogens is 190 g/mol. The summed E-state index contributed by atoms with van der Waals surface area (Å²) in [5, 5.41) is 8.42. The van der Waals surface area contributed by atoms with Crippen LogP contribution in [0.1, 0.15) is 31.2 Å². The van der Waals surface area contributed by atoms with Crippen molar-refractivity contribution in [1.82, 2.24) is 4.98 Å². The normalized spacial score (nSPS) is 10.7. The average molecular weight is 205 g/mol. The van der Waals surface area contributed by atoms with Gasteiger partial charge in [0.1, 0.15) is 0 Å². The predicted molar refractivity (Wildman–Crippen MR) is 59.4 cm³/mol. The van der Waals surface area contributed by atoms with Crippen LogP contribution in [0, 0.1) is 0 Å². The summed E-state index contributed by atoms with van der Waals surface area (Å²) in [6.07, 6.45) is 10.4. The lowest BCUT2D eigenvalue weighted by molar-refractivity contribution is -0.137. The average Bonchev–Trinajstić information content (AvgIpc) is 2.24. The van der Waals surface area contributed by atoms with Crippen LogP contribution in [0.4, 0.5) is 0 Å². The SMILES string of the molecule is O=C(O)CCCC/C=C\c1cccnc1. The highest BCUT2D eigenvalue weighted by Crippen LogP contribution is 2.04. The molecule has 0 amide bonds. The zero-order chi connectivity index (χ0) is 10.9. The van der Waals surface area contributed by atoms with Crippen LogP contribution in [-0.4, -0.2) is 16.1 Å². The van der Waals surface area contributed by atoms with Gasteiger partial charge in [-0.15, -0.1) is 0 Å². The van der Waals surface area contributed by atoms with E-state index >= 15 is 0 Å². The molecule has 0 aliphatic heterocycles. The summed E-state index contributed by atoms with van der Waals surface area (Å²) >= 11 is 0. The second-order valence-corrected chi connectivity index (χ2v) is 3.33. The molecule has 0 atom stereocenters. The van der Waals surface area contributed by atoms with Gasteiger partial charge in [-0.2, -0.15) is 0 Å². The van der Waals surface area contributed by atoms with Gasteiger partial charge in [0.25, 0.3) is 0 Å². The van der Waals surface area contributed by atoms with Crippen molar-refractivity contribution in [2.24, 2.45) is 0 Å². The molecule has 0 aliphatic carbocycles. The lowest BCUT2D eigenvalue weighted by Gasteiger charge is -1.93. The molecule has 1 heterocycles. The fourth-order valence-electron chi connectivity index (χ4n) is 1.23. The summed E-state index contributed by atoms with van der Waals surface area (Å²) < 4.78 is 0. The maximum Gasteiger partial charge on any atom is 0.303 e. The van der Waals surface area contributed by atoms with Crippen LogP contribution >= 0.6 is 0 Å². The van der Waals surface area contributed by atoms with Crippen molar-refractivity contribution in [1.29, 1.82) is 0 Å². The molecule has 0 unspecified atom stereocenters. The minimum absolute atomic E-state index is 0.265. The number of allylic oxidation sites excluding steroid dienone is 1. The molecule has 0 bridgehead atoms. The van der Waals surface area contributed by atoms with Crippen molar-refractivity contribution < 1.29 is 9.90 Å². The Labute approximate surface area is 89.5 Å². The Bertz CT molecular complexity index is 320. The maximum atomic E-state index is 10.2. The van der Waals surface area contributed by atoms with Crippen LogP contribution in [0.5, 0.6) is 0 Å². The van der Waals surface area contributed by atoms with Crippen LogP contribution in [0.15, 0.2) is 30.6 Å². The van der Waals surface area contributed by atoms with E-state index in [2.05, 4.69) is 11.1 Å². The van der Waals surface area contributed by atoms with Crippen molar-refractivity contribution in [2.75, 3.05) is 0 Å². The van der Waals surface area contributed by atoms with Gasteiger partial charge >= 0.3 is 5.97 Å². The van der Waals surface area contributed by atoms with E-state index in [1.807, 2.05) is 18.2 Å². The topological polar surface area (TPSA) is 50.2 Å². The number of carboxylic acid groups (broad SMARTS) is 1. The van der Waals surface area contributed by atoms with Gasteiger partial charge in [0, 0.05) is 18.8 Å². The predicted octanol–water partition coefficient (Wildman–Crippen LogP) is 2.74. The molecule has 3 nitrogen and oxygen atoms in total.